The Hall–Kier alpha value is -1.09. The smallest absolute Gasteiger partial charge is 0.303 e. The van der Waals surface area contributed by atoms with Crippen molar-refractivity contribution in [2.24, 2.45) is 39.9 Å². The van der Waals surface area contributed by atoms with Crippen molar-refractivity contribution in [2.75, 3.05) is 0 Å². The van der Waals surface area contributed by atoms with Gasteiger partial charge in [0.25, 0.3) is 0 Å². The summed E-state index contributed by atoms with van der Waals surface area (Å²) < 4.78 is 6.74. The first-order valence-corrected chi connectivity index (χ1v) is 13.5. The quantitative estimate of drug-likeness (QED) is 0.415. The second-order valence-electron chi connectivity index (χ2n) is 13.4. The lowest BCUT2D eigenvalue weighted by Crippen LogP contribution is -2.60. The Bertz CT molecular complexity index is 830. The van der Waals surface area contributed by atoms with E-state index in [-0.39, 0.29) is 29.0 Å². The van der Waals surface area contributed by atoms with Gasteiger partial charge in [0.05, 0.1) is 11.7 Å². The Kier molecular flexibility index (Phi) is 6.25. The molecule has 0 aromatic rings. The Balaban J connectivity index is 1.65. The van der Waals surface area contributed by atoms with Gasteiger partial charge in [-0.15, -0.1) is 0 Å². The molecule has 0 aromatic carbocycles. The topological polar surface area (TPSA) is 46.5 Å². The second kappa shape index (κ2) is 8.25. The van der Waals surface area contributed by atoms with Gasteiger partial charge in [-0.05, 0) is 118 Å². The predicted octanol–water partition coefficient (Wildman–Crippen LogP) is 7.81. The van der Waals surface area contributed by atoms with Crippen molar-refractivity contribution in [3.8, 4) is 0 Å². The van der Waals surface area contributed by atoms with Crippen LogP contribution in [0.1, 0.15) is 106 Å². The summed E-state index contributed by atoms with van der Waals surface area (Å²) in [4.78, 5) is 11.6. The highest BCUT2D eigenvalue weighted by atomic mass is 16.5. The van der Waals surface area contributed by atoms with E-state index in [1.165, 1.54) is 43.3 Å². The van der Waals surface area contributed by atoms with Crippen molar-refractivity contribution in [1.29, 1.82) is 0 Å². The largest absolute Gasteiger partial charge is 0.481 e. The second-order valence-corrected chi connectivity index (χ2v) is 13.4. The fourth-order valence-corrected chi connectivity index (χ4v) is 9.86. The van der Waals surface area contributed by atoms with E-state index < -0.39 is 5.97 Å². The van der Waals surface area contributed by atoms with Crippen LogP contribution in [0.2, 0.25) is 0 Å². The first kappa shape index (κ1) is 25.0. The summed E-state index contributed by atoms with van der Waals surface area (Å²) in [5.74, 6) is 1.63. The van der Waals surface area contributed by atoms with E-state index in [1.54, 1.807) is 0 Å². The average Bonchev–Trinajstić information content (AvgIpc) is 3.29. The van der Waals surface area contributed by atoms with Crippen molar-refractivity contribution in [1.82, 2.24) is 0 Å². The van der Waals surface area contributed by atoms with E-state index in [0.29, 0.717) is 29.1 Å². The molecule has 3 nitrogen and oxygen atoms in total. The van der Waals surface area contributed by atoms with Gasteiger partial charge in [-0.2, -0.15) is 0 Å². The number of carbonyl (C=O) groups is 1. The van der Waals surface area contributed by atoms with Crippen LogP contribution in [0.4, 0.5) is 0 Å². The number of rotatable bonds is 6. The number of fused-ring (bicyclic) bond motifs is 3. The number of carboxylic acid groups (broad SMARTS) is 1. The molecule has 0 aromatic heterocycles. The van der Waals surface area contributed by atoms with Crippen LogP contribution < -0.4 is 0 Å². The highest BCUT2D eigenvalue weighted by Gasteiger charge is 2.67. The molecule has 1 aliphatic heterocycles. The van der Waals surface area contributed by atoms with Crippen LogP contribution in [0.15, 0.2) is 24.3 Å². The molecule has 4 aliphatic rings. The number of carboxylic acids is 1. The minimum atomic E-state index is -0.664. The average molecular weight is 457 g/mol. The van der Waals surface area contributed by atoms with E-state index in [2.05, 4.69) is 54.7 Å². The zero-order chi connectivity index (χ0) is 24.4. The van der Waals surface area contributed by atoms with Gasteiger partial charge in [0.15, 0.2) is 0 Å². The summed E-state index contributed by atoms with van der Waals surface area (Å²) in [6.07, 6.45) is 10.9. The number of hydrogen-bond donors (Lipinski definition) is 1. The highest BCUT2D eigenvalue weighted by molar-refractivity contribution is 5.66. The molecule has 0 amide bonds. The van der Waals surface area contributed by atoms with Crippen LogP contribution in [0.3, 0.4) is 0 Å². The molecule has 0 bridgehead atoms. The number of hydrogen-bond acceptors (Lipinski definition) is 2. The summed E-state index contributed by atoms with van der Waals surface area (Å²) in [7, 11) is 0. The zero-order valence-corrected chi connectivity index (χ0v) is 22.1. The van der Waals surface area contributed by atoms with E-state index in [9.17, 15) is 9.90 Å². The van der Waals surface area contributed by atoms with Gasteiger partial charge in [-0.3, -0.25) is 4.79 Å². The minimum absolute atomic E-state index is 0.0160. The van der Waals surface area contributed by atoms with Crippen LogP contribution in [0.5, 0.6) is 0 Å². The Morgan fingerprint density at radius 2 is 1.55 bits per heavy atom. The van der Waals surface area contributed by atoms with Gasteiger partial charge < -0.3 is 9.84 Å². The van der Waals surface area contributed by atoms with Crippen molar-refractivity contribution >= 4 is 5.97 Å². The molecule has 0 spiro atoms. The summed E-state index contributed by atoms with van der Waals surface area (Å²) in [5.41, 5.74) is 2.94. The lowest BCUT2D eigenvalue weighted by Gasteiger charge is -2.66. The van der Waals surface area contributed by atoms with Crippen LogP contribution in [0.25, 0.3) is 0 Å². The molecule has 33 heavy (non-hydrogen) atoms. The number of ether oxygens (including phenoxy) is 1. The SMILES string of the molecule is C=C(C)C1CCC(C)(C2CCC3(C)C2CCC2C(C)(CCC(=O)O)C(C(=C)C)CCC23C)O1. The Morgan fingerprint density at radius 3 is 2.12 bits per heavy atom. The lowest BCUT2D eigenvalue weighted by atomic mass is 9.38. The normalized spacial score (nSPS) is 49.3. The van der Waals surface area contributed by atoms with Crippen molar-refractivity contribution in [3.05, 3.63) is 24.3 Å². The maximum atomic E-state index is 11.6. The molecule has 4 rings (SSSR count). The monoisotopic (exact) mass is 456 g/mol. The summed E-state index contributed by atoms with van der Waals surface area (Å²) in [6.45, 7) is 22.8. The van der Waals surface area contributed by atoms with E-state index in [1.807, 2.05) is 0 Å². The third-order valence-corrected chi connectivity index (χ3v) is 11.8. The maximum absolute atomic E-state index is 11.6. The van der Waals surface area contributed by atoms with Gasteiger partial charge >= 0.3 is 5.97 Å². The van der Waals surface area contributed by atoms with Crippen molar-refractivity contribution in [2.45, 2.75) is 117 Å². The van der Waals surface area contributed by atoms with Crippen LogP contribution in [-0.2, 0) is 9.53 Å². The molecule has 9 atom stereocenters. The molecule has 3 aliphatic carbocycles. The van der Waals surface area contributed by atoms with Crippen LogP contribution in [-0.4, -0.2) is 22.8 Å². The molecule has 3 saturated carbocycles. The molecule has 1 N–H and O–H groups in total. The molecular weight excluding hydrogens is 408 g/mol. The van der Waals surface area contributed by atoms with E-state index >= 15 is 0 Å². The Morgan fingerprint density at radius 1 is 0.879 bits per heavy atom. The standard InChI is InChI=1S/C30H48O3/c1-19(2)21-11-17-29(7)25(27(21,5)15-14-26(31)32)10-9-22-23(12-16-28(22,29)6)30(8)18-13-24(33-30)20(3)4/h21-25H,1,3,9-18H2,2,4-8H3,(H,31,32). The molecule has 1 saturated heterocycles. The van der Waals surface area contributed by atoms with Gasteiger partial charge in [0.2, 0.25) is 0 Å². The fraction of sp³-hybridized carbons (Fsp3) is 0.833. The molecule has 4 fully saturated rings. The van der Waals surface area contributed by atoms with Crippen LogP contribution >= 0.6 is 0 Å². The number of allylic oxidation sites excluding steroid dienone is 1. The predicted molar refractivity (Wildman–Crippen MR) is 135 cm³/mol. The first-order valence-electron chi connectivity index (χ1n) is 13.5. The molecule has 186 valence electrons. The Labute approximate surface area is 202 Å². The maximum Gasteiger partial charge on any atom is 0.303 e. The lowest BCUT2D eigenvalue weighted by molar-refractivity contribution is -0.180. The molecular formula is C30H48O3. The van der Waals surface area contributed by atoms with Gasteiger partial charge in [-0.25, -0.2) is 0 Å². The zero-order valence-electron chi connectivity index (χ0n) is 22.1. The molecule has 0 radical (unpaired) electrons. The van der Waals surface area contributed by atoms with E-state index in [0.717, 1.165) is 25.7 Å². The molecule has 3 heteroatoms. The summed E-state index contributed by atoms with van der Waals surface area (Å²) >= 11 is 0. The fourth-order valence-electron chi connectivity index (χ4n) is 9.86. The minimum Gasteiger partial charge on any atom is -0.481 e. The third-order valence-electron chi connectivity index (χ3n) is 11.8. The first-order chi connectivity index (χ1) is 15.3. The van der Waals surface area contributed by atoms with Gasteiger partial charge in [-0.1, -0.05) is 45.1 Å². The van der Waals surface area contributed by atoms with E-state index in [4.69, 9.17) is 4.74 Å². The number of aliphatic carboxylic acids is 1. The van der Waals surface area contributed by atoms with Crippen molar-refractivity contribution in [3.63, 3.8) is 0 Å². The molecule has 9 unspecified atom stereocenters. The van der Waals surface area contributed by atoms with Gasteiger partial charge in [0, 0.05) is 6.42 Å². The molecule has 1 heterocycles. The summed E-state index contributed by atoms with van der Waals surface area (Å²) in [5, 5.41) is 9.55. The van der Waals surface area contributed by atoms with Crippen LogP contribution in [0, 0.1) is 39.9 Å². The van der Waals surface area contributed by atoms with Gasteiger partial charge in [0.1, 0.15) is 0 Å². The third kappa shape index (κ3) is 3.67. The van der Waals surface area contributed by atoms with Crippen molar-refractivity contribution < 1.29 is 14.6 Å². The summed E-state index contributed by atoms with van der Waals surface area (Å²) in [6, 6.07) is 0. The highest BCUT2D eigenvalue weighted by Crippen LogP contribution is 2.74.